The van der Waals surface area contributed by atoms with E-state index in [0.717, 1.165) is 18.8 Å². The van der Waals surface area contributed by atoms with Crippen molar-refractivity contribution in [3.05, 3.63) is 42.0 Å². The van der Waals surface area contributed by atoms with Crippen molar-refractivity contribution in [1.29, 1.82) is 0 Å². The first-order valence-corrected chi connectivity index (χ1v) is 8.78. The van der Waals surface area contributed by atoms with Gasteiger partial charge < -0.3 is 4.74 Å². The van der Waals surface area contributed by atoms with Crippen LogP contribution in [0.15, 0.2) is 36.4 Å². The van der Waals surface area contributed by atoms with Crippen LogP contribution in [0.5, 0.6) is 5.75 Å². The van der Waals surface area contributed by atoms with Gasteiger partial charge in [-0.2, -0.15) is 11.8 Å². The molecule has 1 atom stereocenters. The molecule has 1 unspecified atom stereocenters. The van der Waals surface area contributed by atoms with E-state index in [4.69, 9.17) is 4.74 Å². The van der Waals surface area contributed by atoms with Crippen molar-refractivity contribution in [1.82, 2.24) is 0 Å². The average Bonchev–Trinajstić information content (AvgIpc) is 3.01. The van der Waals surface area contributed by atoms with Gasteiger partial charge in [-0.15, -0.1) is 0 Å². The average molecular weight is 286 g/mol. The molecule has 1 fully saturated rings. The van der Waals surface area contributed by atoms with Gasteiger partial charge in [0.2, 0.25) is 0 Å². The second kappa shape index (κ2) is 6.53. The number of ether oxygens (including phenoxy) is 1. The van der Waals surface area contributed by atoms with Gasteiger partial charge >= 0.3 is 0 Å². The lowest BCUT2D eigenvalue weighted by molar-refractivity contribution is 0.305. The minimum Gasteiger partial charge on any atom is -0.493 e. The smallest absolute Gasteiger partial charge is 0.123 e. The van der Waals surface area contributed by atoms with Crippen molar-refractivity contribution in [3.63, 3.8) is 0 Å². The van der Waals surface area contributed by atoms with Crippen molar-refractivity contribution in [2.24, 2.45) is 0 Å². The van der Waals surface area contributed by atoms with Gasteiger partial charge in [0, 0.05) is 11.3 Å². The molecule has 2 aromatic rings. The fourth-order valence-corrected chi connectivity index (χ4v) is 4.15. The minimum absolute atomic E-state index is 0.655. The Hall–Kier alpha value is -1.15. The largest absolute Gasteiger partial charge is 0.493 e. The first kappa shape index (κ1) is 13.8. The van der Waals surface area contributed by atoms with Gasteiger partial charge in [-0.05, 0) is 41.4 Å². The van der Waals surface area contributed by atoms with Crippen molar-refractivity contribution >= 4 is 22.5 Å². The fourth-order valence-electron chi connectivity index (χ4n) is 2.91. The lowest BCUT2D eigenvalue weighted by Crippen LogP contribution is -2.04. The summed E-state index contributed by atoms with van der Waals surface area (Å²) in [6.45, 7) is 3.04. The highest BCUT2D eigenvalue weighted by atomic mass is 32.2. The van der Waals surface area contributed by atoms with E-state index in [1.165, 1.54) is 40.7 Å². The zero-order chi connectivity index (χ0) is 13.8. The Kier molecular flexibility index (Phi) is 4.51. The molecule has 1 aliphatic heterocycles. The molecule has 3 rings (SSSR count). The molecule has 0 saturated carbocycles. The van der Waals surface area contributed by atoms with Crippen LogP contribution in [0.25, 0.3) is 10.8 Å². The Balaban J connectivity index is 2.01. The summed E-state index contributed by atoms with van der Waals surface area (Å²) in [5.41, 5.74) is 1.45. The number of hydrogen-bond donors (Lipinski definition) is 0. The Bertz CT molecular complexity index is 573. The predicted molar refractivity (Wildman–Crippen MR) is 89.0 cm³/mol. The minimum atomic E-state index is 0.655. The Morgan fingerprint density at radius 3 is 2.90 bits per heavy atom. The highest BCUT2D eigenvalue weighted by Gasteiger charge is 2.23. The van der Waals surface area contributed by atoms with Crippen LogP contribution in [-0.2, 0) is 0 Å². The van der Waals surface area contributed by atoms with Gasteiger partial charge in [-0.1, -0.05) is 43.7 Å². The molecular weight excluding hydrogens is 264 g/mol. The first-order chi connectivity index (χ1) is 9.90. The molecule has 106 valence electrons. The molecule has 1 saturated heterocycles. The van der Waals surface area contributed by atoms with Crippen molar-refractivity contribution in [3.8, 4) is 5.75 Å². The second-order valence-electron chi connectivity index (χ2n) is 5.46. The van der Waals surface area contributed by atoms with E-state index in [1.807, 2.05) is 0 Å². The predicted octanol–water partition coefficient (Wildman–Crippen LogP) is 5.24. The van der Waals surface area contributed by atoms with E-state index >= 15 is 0 Å². The van der Waals surface area contributed by atoms with E-state index in [1.54, 1.807) is 0 Å². The Labute approximate surface area is 125 Å². The molecule has 20 heavy (non-hydrogen) atoms. The van der Waals surface area contributed by atoms with Crippen molar-refractivity contribution in [2.45, 2.75) is 32.1 Å². The standard InChI is InChI=1S/C18H22OS/c1-2-3-11-19-17-9-8-14-6-4-5-7-16(14)18(17)15-10-12-20-13-15/h4-9,15H,2-3,10-13H2,1H3. The Morgan fingerprint density at radius 1 is 1.20 bits per heavy atom. The van der Waals surface area contributed by atoms with E-state index in [0.29, 0.717) is 5.92 Å². The Morgan fingerprint density at radius 2 is 2.10 bits per heavy atom. The number of unbranched alkanes of at least 4 members (excludes halogenated alkanes) is 1. The third-order valence-corrected chi connectivity index (χ3v) is 5.19. The number of hydrogen-bond acceptors (Lipinski definition) is 2. The third kappa shape index (κ3) is 2.80. The van der Waals surface area contributed by atoms with Crippen LogP contribution in [0.3, 0.4) is 0 Å². The molecule has 0 radical (unpaired) electrons. The molecule has 0 aliphatic carbocycles. The molecule has 1 aliphatic rings. The first-order valence-electron chi connectivity index (χ1n) is 7.62. The number of thioether (sulfide) groups is 1. The SMILES string of the molecule is CCCCOc1ccc2ccccc2c1C1CCSC1. The number of fused-ring (bicyclic) bond motifs is 1. The van der Waals surface area contributed by atoms with Crippen LogP contribution in [0.4, 0.5) is 0 Å². The van der Waals surface area contributed by atoms with Crippen LogP contribution in [0, 0.1) is 0 Å². The summed E-state index contributed by atoms with van der Waals surface area (Å²) in [4.78, 5) is 0. The maximum absolute atomic E-state index is 6.09. The van der Waals surface area contributed by atoms with Crippen LogP contribution in [-0.4, -0.2) is 18.1 Å². The summed E-state index contributed by atoms with van der Waals surface area (Å²) in [6, 6.07) is 13.1. The van der Waals surface area contributed by atoms with Gasteiger partial charge in [0.1, 0.15) is 5.75 Å². The molecule has 1 nitrogen and oxygen atoms in total. The van der Waals surface area contributed by atoms with E-state index in [-0.39, 0.29) is 0 Å². The molecule has 0 aromatic heterocycles. The van der Waals surface area contributed by atoms with Gasteiger partial charge in [0.05, 0.1) is 6.61 Å². The third-order valence-electron chi connectivity index (χ3n) is 4.02. The summed E-state index contributed by atoms with van der Waals surface area (Å²) in [5, 5.41) is 2.72. The molecule has 0 N–H and O–H groups in total. The summed E-state index contributed by atoms with van der Waals surface area (Å²) in [6.07, 6.45) is 3.59. The summed E-state index contributed by atoms with van der Waals surface area (Å²) in [5.74, 6) is 4.29. The molecule has 0 spiro atoms. The molecule has 2 heteroatoms. The monoisotopic (exact) mass is 286 g/mol. The van der Waals surface area contributed by atoms with Crippen LogP contribution in [0.2, 0.25) is 0 Å². The molecule has 0 bridgehead atoms. The second-order valence-corrected chi connectivity index (χ2v) is 6.61. The summed E-state index contributed by atoms with van der Waals surface area (Å²) in [7, 11) is 0. The van der Waals surface area contributed by atoms with E-state index in [2.05, 4.69) is 55.1 Å². The topological polar surface area (TPSA) is 9.23 Å². The highest BCUT2D eigenvalue weighted by molar-refractivity contribution is 7.99. The van der Waals surface area contributed by atoms with Gasteiger partial charge in [-0.3, -0.25) is 0 Å². The van der Waals surface area contributed by atoms with Crippen LogP contribution >= 0.6 is 11.8 Å². The van der Waals surface area contributed by atoms with Crippen molar-refractivity contribution in [2.75, 3.05) is 18.1 Å². The molecular formula is C18H22OS. The quantitative estimate of drug-likeness (QED) is 0.695. The van der Waals surface area contributed by atoms with Gasteiger partial charge in [0.25, 0.3) is 0 Å². The number of rotatable bonds is 5. The summed E-state index contributed by atoms with van der Waals surface area (Å²) < 4.78 is 6.09. The highest BCUT2D eigenvalue weighted by Crippen LogP contribution is 2.41. The van der Waals surface area contributed by atoms with E-state index in [9.17, 15) is 0 Å². The van der Waals surface area contributed by atoms with E-state index < -0.39 is 0 Å². The zero-order valence-electron chi connectivity index (χ0n) is 12.1. The molecule has 2 aromatic carbocycles. The van der Waals surface area contributed by atoms with Crippen LogP contribution < -0.4 is 4.74 Å². The lowest BCUT2D eigenvalue weighted by atomic mass is 9.92. The van der Waals surface area contributed by atoms with Crippen molar-refractivity contribution < 1.29 is 4.74 Å². The normalized spacial score (nSPS) is 18.6. The maximum Gasteiger partial charge on any atom is 0.123 e. The van der Waals surface area contributed by atoms with Gasteiger partial charge in [0.15, 0.2) is 0 Å². The number of benzene rings is 2. The summed E-state index contributed by atoms with van der Waals surface area (Å²) >= 11 is 2.07. The zero-order valence-corrected chi connectivity index (χ0v) is 12.9. The van der Waals surface area contributed by atoms with Gasteiger partial charge in [-0.25, -0.2) is 0 Å². The molecule has 1 heterocycles. The maximum atomic E-state index is 6.09. The molecule has 0 amide bonds. The van der Waals surface area contributed by atoms with Crippen LogP contribution in [0.1, 0.15) is 37.7 Å². The lowest BCUT2D eigenvalue weighted by Gasteiger charge is -2.18. The fraction of sp³-hybridized carbons (Fsp3) is 0.444.